The van der Waals surface area contributed by atoms with Crippen LogP contribution < -0.4 is 10.6 Å². The summed E-state index contributed by atoms with van der Waals surface area (Å²) in [5, 5.41) is 6.77. The second-order valence-corrected chi connectivity index (χ2v) is 6.23. The number of rotatable bonds is 9. The molecule has 1 fully saturated rings. The lowest BCUT2D eigenvalue weighted by atomic mass is 10.3. The van der Waals surface area contributed by atoms with E-state index in [1.807, 2.05) is 24.3 Å². The van der Waals surface area contributed by atoms with E-state index in [2.05, 4.69) is 20.5 Å². The second-order valence-electron chi connectivity index (χ2n) is 6.23. The van der Waals surface area contributed by atoms with E-state index >= 15 is 0 Å². The summed E-state index contributed by atoms with van der Waals surface area (Å²) in [5.74, 6) is 2.62. The Hall–Kier alpha value is -2.25. The van der Waals surface area contributed by atoms with Gasteiger partial charge in [-0.25, -0.2) is 4.99 Å². The van der Waals surface area contributed by atoms with Gasteiger partial charge in [-0.3, -0.25) is 4.90 Å². The molecule has 0 radical (unpaired) electrons. The molecule has 3 rings (SSSR count). The van der Waals surface area contributed by atoms with Crippen molar-refractivity contribution in [2.45, 2.75) is 19.4 Å². The average molecular weight is 360 g/mol. The van der Waals surface area contributed by atoms with Crippen molar-refractivity contribution in [3.05, 3.63) is 48.3 Å². The molecule has 0 aliphatic carbocycles. The van der Waals surface area contributed by atoms with Gasteiger partial charge in [-0.2, -0.15) is 0 Å². The third-order valence-electron chi connectivity index (χ3n) is 4.26. The van der Waals surface area contributed by atoms with E-state index in [1.54, 1.807) is 12.5 Å². The van der Waals surface area contributed by atoms with Crippen molar-refractivity contribution in [2.75, 3.05) is 45.9 Å². The summed E-state index contributed by atoms with van der Waals surface area (Å²) in [6.07, 6.45) is 5.26. The number of furan rings is 2. The van der Waals surface area contributed by atoms with E-state index in [-0.39, 0.29) is 0 Å². The van der Waals surface area contributed by atoms with Gasteiger partial charge in [-0.15, -0.1) is 0 Å². The number of morpholine rings is 1. The molecule has 1 aliphatic heterocycles. The highest BCUT2D eigenvalue weighted by Crippen LogP contribution is 2.02. The van der Waals surface area contributed by atoms with Gasteiger partial charge < -0.3 is 24.2 Å². The zero-order valence-electron chi connectivity index (χ0n) is 15.2. The van der Waals surface area contributed by atoms with Crippen molar-refractivity contribution < 1.29 is 13.6 Å². The second kappa shape index (κ2) is 10.7. The number of aliphatic imine (C=N–C) groups is 1. The zero-order chi connectivity index (χ0) is 17.9. The van der Waals surface area contributed by atoms with Gasteiger partial charge >= 0.3 is 0 Å². The lowest BCUT2D eigenvalue weighted by molar-refractivity contribution is 0.0376. The molecule has 0 spiro atoms. The minimum absolute atomic E-state index is 0.520. The molecule has 0 aromatic carbocycles. The van der Waals surface area contributed by atoms with Crippen LogP contribution in [0, 0.1) is 0 Å². The molecule has 1 saturated heterocycles. The number of ether oxygens (including phenoxy) is 1. The molecule has 1 aliphatic rings. The molecule has 2 aromatic rings. The summed E-state index contributed by atoms with van der Waals surface area (Å²) in [6.45, 7) is 6.99. The molecule has 26 heavy (non-hydrogen) atoms. The first-order valence-electron chi connectivity index (χ1n) is 9.27. The number of nitrogens with one attached hydrogen (secondary N) is 2. The minimum Gasteiger partial charge on any atom is -0.469 e. The predicted octanol–water partition coefficient (Wildman–Crippen LogP) is 1.87. The molecule has 7 heteroatoms. The van der Waals surface area contributed by atoms with Crippen LogP contribution in [0.3, 0.4) is 0 Å². The first-order valence-corrected chi connectivity index (χ1v) is 9.27. The summed E-state index contributed by atoms with van der Waals surface area (Å²) < 4.78 is 16.1. The van der Waals surface area contributed by atoms with Crippen LogP contribution in [-0.4, -0.2) is 56.8 Å². The maximum absolute atomic E-state index is 5.38. The predicted molar refractivity (Wildman–Crippen MR) is 100 cm³/mol. The van der Waals surface area contributed by atoms with Crippen molar-refractivity contribution in [3.8, 4) is 0 Å². The zero-order valence-corrected chi connectivity index (χ0v) is 15.2. The number of guanidine groups is 1. The number of hydrogen-bond acceptors (Lipinski definition) is 5. The Bertz CT molecular complexity index is 619. The molecule has 2 N–H and O–H groups in total. The minimum atomic E-state index is 0.520. The highest BCUT2D eigenvalue weighted by molar-refractivity contribution is 5.79. The molecule has 0 amide bonds. The Morgan fingerprint density at radius 1 is 1.00 bits per heavy atom. The summed E-state index contributed by atoms with van der Waals surface area (Å²) in [5.41, 5.74) is 0. The van der Waals surface area contributed by atoms with Gasteiger partial charge in [-0.05, 0) is 37.2 Å². The van der Waals surface area contributed by atoms with Gasteiger partial charge in [0.2, 0.25) is 0 Å². The molecule has 0 unspecified atom stereocenters. The fourth-order valence-corrected chi connectivity index (χ4v) is 2.83. The third kappa shape index (κ3) is 6.57. The van der Waals surface area contributed by atoms with E-state index in [4.69, 9.17) is 13.6 Å². The van der Waals surface area contributed by atoms with Crippen LogP contribution in [0.15, 0.2) is 50.6 Å². The third-order valence-corrected chi connectivity index (χ3v) is 4.26. The van der Waals surface area contributed by atoms with Crippen LogP contribution in [0.25, 0.3) is 0 Å². The monoisotopic (exact) mass is 360 g/mol. The first-order chi connectivity index (χ1) is 12.9. The fourth-order valence-electron chi connectivity index (χ4n) is 2.83. The van der Waals surface area contributed by atoms with Crippen LogP contribution in [-0.2, 0) is 17.7 Å². The quantitative estimate of drug-likeness (QED) is 0.404. The SMILES string of the molecule is c1coc(CCNC(=NCc2ccco2)NCCCN2CCOCC2)c1. The summed E-state index contributed by atoms with van der Waals surface area (Å²) in [4.78, 5) is 7.05. The van der Waals surface area contributed by atoms with Crippen molar-refractivity contribution in [1.82, 2.24) is 15.5 Å². The molecule has 7 nitrogen and oxygen atoms in total. The summed E-state index contributed by atoms with van der Waals surface area (Å²) in [6, 6.07) is 7.70. The van der Waals surface area contributed by atoms with E-state index in [9.17, 15) is 0 Å². The lowest BCUT2D eigenvalue weighted by Gasteiger charge is -2.26. The van der Waals surface area contributed by atoms with Gasteiger partial charge in [0.15, 0.2) is 5.96 Å². The normalized spacial score (nSPS) is 15.9. The van der Waals surface area contributed by atoms with E-state index < -0.39 is 0 Å². The van der Waals surface area contributed by atoms with E-state index in [0.29, 0.717) is 6.54 Å². The van der Waals surface area contributed by atoms with Crippen molar-refractivity contribution in [1.29, 1.82) is 0 Å². The van der Waals surface area contributed by atoms with Crippen LogP contribution in [0.5, 0.6) is 0 Å². The highest BCUT2D eigenvalue weighted by Gasteiger charge is 2.09. The lowest BCUT2D eigenvalue weighted by Crippen LogP contribution is -2.41. The molecule has 2 aromatic heterocycles. The van der Waals surface area contributed by atoms with Crippen molar-refractivity contribution >= 4 is 5.96 Å². The Morgan fingerprint density at radius 3 is 2.46 bits per heavy atom. The maximum Gasteiger partial charge on any atom is 0.191 e. The fraction of sp³-hybridized carbons (Fsp3) is 0.526. The molecular weight excluding hydrogens is 332 g/mol. The van der Waals surface area contributed by atoms with Gasteiger partial charge in [0.05, 0.1) is 25.7 Å². The Morgan fingerprint density at radius 2 is 1.73 bits per heavy atom. The van der Waals surface area contributed by atoms with Crippen LogP contribution in [0.1, 0.15) is 17.9 Å². The first kappa shape index (κ1) is 18.5. The topological polar surface area (TPSA) is 75.2 Å². The average Bonchev–Trinajstić information content (AvgIpc) is 3.37. The van der Waals surface area contributed by atoms with Crippen LogP contribution >= 0.6 is 0 Å². The Balaban J connectivity index is 1.41. The Kier molecular flexibility index (Phi) is 7.61. The van der Waals surface area contributed by atoms with Gasteiger partial charge in [0, 0.05) is 32.6 Å². The van der Waals surface area contributed by atoms with E-state index in [0.717, 1.165) is 76.3 Å². The largest absolute Gasteiger partial charge is 0.469 e. The van der Waals surface area contributed by atoms with Crippen molar-refractivity contribution in [3.63, 3.8) is 0 Å². The van der Waals surface area contributed by atoms with Gasteiger partial charge in [0.25, 0.3) is 0 Å². The number of nitrogens with zero attached hydrogens (tertiary/aromatic N) is 2. The van der Waals surface area contributed by atoms with Gasteiger partial charge in [-0.1, -0.05) is 0 Å². The van der Waals surface area contributed by atoms with Crippen molar-refractivity contribution in [2.24, 2.45) is 4.99 Å². The maximum atomic E-state index is 5.38. The van der Waals surface area contributed by atoms with Crippen LogP contribution in [0.4, 0.5) is 0 Å². The van der Waals surface area contributed by atoms with E-state index in [1.165, 1.54) is 0 Å². The number of hydrogen-bond donors (Lipinski definition) is 2. The molecular formula is C19H28N4O3. The summed E-state index contributed by atoms with van der Waals surface area (Å²) in [7, 11) is 0. The molecule has 142 valence electrons. The standard InChI is InChI=1S/C19H28N4O3/c1-4-17(25-12-1)6-8-21-19(22-16-18-5-2-13-26-18)20-7-3-9-23-10-14-24-15-11-23/h1-2,4-5,12-13H,3,6-11,14-16H2,(H2,20,21,22). The molecule has 0 saturated carbocycles. The highest BCUT2D eigenvalue weighted by atomic mass is 16.5. The molecule has 0 bridgehead atoms. The van der Waals surface area contributed by atoms with Gasteiger partial charge in [0.1, 0.15) is 18.1 Å². The Labute approximate surface area is 154 Å². The smallest absolute Gasteiger partial charge is 0.191 e. The summed E-state index contributed by atoms with van der Waals surface area (Å²) >= 11 is 0. The molecule has 0 atom stereocenters. The molecule has 3 heterocycles. The van der Waals surface area contributed by atoms with Crippen LogP contribution in [0.2, 0.25) is 0 Å².